The lowest BCUT2D eigenvalue weighted by Gasteiger charge is -2.31. The summed E-state index contributed by atoms with van der Waals surface area (Å²) in [6.07, 6.45) is 4.89. The average Bonchev–Trinajstić information content (AvgIpc) is 3.22. The van der Waals surface area contributed by atoms with Gasteiger partial charge in [-0.05, 0) is 31.4 Å². The molecule has 0 aliphatic heterocycles. The Bertz CT molecular complexity index is 712. The summed E-state index contributed by atoms with van der Waals surface area (Å²) in [5.41, 5.74) is 1.90. The first-order chi connectivity index (χ1) is 14.4. The van der Waals surface area contributed by atoms with Crippen LogP contribution in [-0.2, 0) is 16.1 Å². The van der Waals surface area contributed by atoms with Gasteiger partial charge in [0.25, 0.3) is 0 Å². The maximum absolute atomic E-state index is 12.8. The largest absolute Gasteiger partial charge is 0.493 e. The Morgan fingerprint density at radius 3 is 2.57 bits per heavy atom. The number of ether oxygens (including phenoxy) is 2. The molecule has 0 saturated heterocycles. The molecule has 0 unspecified atom stereocenters. The fourth-order valence-electron chi connectivity index (χ4n) is 3.97. The second kappa shape index (κ2) is 11.8. The summed E-state index contributed by atoms with van der Waals surface area (Å²) in [4.78, 5) is 18.8. The van der Waals surface area contributed by atoms with Gasteiger partial charge in [0.1, 0.15) is 5.75 Å². The van der Waals surface area contributed by atoms with E-state index in [-0.39, 0.29) is 11.3 Å². The summed E-state index contributed by atoms with van der Waals surface area (Å²) in [6, 6.07) is 6.22. The Labute approximate surface area is 181 Å². The molecule has 0 heterocycles. The minimum atomic E-state index is -0.333. The lowest BCUT2D eigenvalue weighted by atomic mass is 9.84. The first kappa shape index (κ1) is 24.0. The molecule has 1 aliphatic carbocycles. The summed E-state index contributed by atoms with van der Waals surface area (Å²) in [5.74, 6) is 1.77. The minimum Gasteiger partial charge on any atom is -0.493 e. The van der Waals surface area contributed by atoms with Crippen molar-refractivity contribution in [2.45, 2.75) is 45.6 Å². The lowest BCUT2D eigenvalue weighted by Crippen LogP contribution is -2.49. The van der Waals surface area contributed by atoms with Crippen molar-refractivity contribution in [3.8, 4) is 5.75 Å². The monoisotopic (exact) mass is 418 g/mol. The number of benzene rings is 1. The van der Waals surface area contributed by atoms with Gasteiger partial charge in [0.15, 0.2) is 5.96 Å². The van der Waals surface area contributed by atoms with Crippen molar-refractivity contribution in [2.24, 2.45) is 10.4 Å². The van der Waals surface area contributed by atoms with E-state index in [2.05, 4.69) is 40.7 Å². The van der Waals surface area contributed by atoms with Crippen molar-refractivity contribution in [1.82, 2.24) is 15.5 Å². The Kier molecular flexibility index (Phi) is 9.43. The van der Waals surface area contributed by atoms with Crippen molar-refractivity contribution in [1.29, 1.82) is 0 Å². The van der Waals surface area contributed by atoms with Crippen LogP contribution in [0.2, 0.25) is 0 Å². The second-order valence-corrected chi connectivity index (χ2v) is 8.27. The molecule has 168 valence electrons. The van der Waals surface area contributed by atoms with E-state index in [1.807, 2.05) is 14.1 Å². The average molecular weight is 419 g/mol. The number of nitrogens with one attached hydrogen (secondary N) is 2. The zero-order valence-corrected chi connectivity index (χ0v) is 19.2. The fourth-order valence-corrected chi connectivity index (χ4v) is 3.97. The lowest BCUT2D eigenvalue weighted by molar-refractivity contribution is -0.138. The molecule has 2 N–H and O–H groups in total. The first-order valence-corrected chi connectivity index (χ1v) is 10.8. The number of nitrogens with zero attached hydrogens (tertiary/aromatic N) is 2. The molecule has 1 aromatic rings. The van der Waals surface area contributed by atoms with E-state index in [4.69, 9.17) is 9.47 Å². The van der Waals surface area contributed by atoms with Gasteiger partial charge in [0.05, 0.1) is 12.0 Å². The zero-order chi connectivity index (χ0) is 22.0. The van der Waals surface area contributed by atoms with Crippen molar-refractivity contribution in [3.05, 3.63) is 29.3 Å². The van der Waals surface area contributed by atoms with E-state index in [0.717, 1.165) is 49.0 Å². The molecule has 0 spiro atoms. The number of aliphatic imine (C=N–C) groups is 1. The van der Waals surface area contributed by atoms with Gasteiger partial charge in [-0.3, -0.25) is 9.79 Å². The van der Waals surface area contributed by atoms with Crippen molar-refractivity contribution < 1.29 is 14.3 Å². The summed E-state index contributed by atoms with van der Waals surface area (Å²) in [6.45, 7) is 4.55. The predicted molar refractivity (Wildman–Crippen MR) is 121 cm³/mol. The number of carbonyl (C=O) groups is 1. The van der Waals surface area contributed by atoms with Gasteiger partial charge in [0, 0.05) is 59.9 Å². The number of guanidine groups is 1. The molecule has 0 radical (unpaired) electrons. The SMILES string of the molecule is CN=C(NCc1ccc(C)cc1OCCCOC)NCC1(C(=O)N(C)C)CCCC1. The zero-order valence-electron chi connectivity index (χ0n) is 19.2. The number of amides is 1. The van der Waals surface area contributed by atoms with Gasteiger partial charge in [0.2, 0.25) is 5.91 Å². The highest BCUT2D eigenvalue weighted by Crippen LogP contribution is 2.38. The highest BCUT2D eigenvalue weighted by Gasteiger charge is 2.42. The third-order valence-electron chi connectivity index (χ3n) is 5.66. The molecule has 7 heteroatoms. The Hall–Kier alpha value is -2.28. The molecule has 30 heavy (non-hydrogen) atoms. The Morgan fingerprint density at radius 1 is 1.20 bits per heavy atom. The highest BCUT2D eigenvalue weighted by molar-refractivity contribution is 5.85. The molecule has 1 fully saturated rings. The van der Waals surface area contributed by atoms with Gasteiger partial charge in [-0.2, -0.15) is 0 Å². The van der Waals surface area contributed by atoms with Crippen LogP contribution in [0.5, 0.6) is 5.75 Å². The number of methoxy groups -OCH3 is 1. The normalized spacial score (nSPS) is 15.7. The molecular weight excluding hydrogens is 380 g/mol. The van der Waals surface area contributed by atoms with Crippen molar-refractivity contribution >= 4 is 11.9 Å². The summed E-state index contributed by atoms with van der Waals surface area (Å²) in [7, 11) is 7.12. The number of carbonyl (C=O) groups excluding carboxylic acids is 1. The summed E-state index contributed by atoms with van der Waals surface area (Å²) < 4.78 is 11.1. The van der Waals surface area contributed by atoms with Crippen LogP contribution in [0.15, 0.2) is 23.2 Å². The number of hydrogen-bond acceptors (Lipinski definition) is 4. The molecule has 0 bridgehead atoms. The molecule has 1 aromatic carbocycles. The van der Waals surface area contributed by atoms with Gasteiger partial charge in [-0.15, -0.1) is 0 Å². The molecule has 1 saturated carbocycles. The van der Waals surface area contributed by atoms with Crippen LogP contribution in [0.4, 0.5) is 0 Å². The minimum absolute atomic E-state index is 0.202. The molecule has 0 atom stereocenters. The Morgan fingerprint density at radius 2 is 1.93 bits per heavy atom. The third-order valence-corrected chi connectivity index (χ3v) is 5.66. The van der Waals surface area contributed by atoms with E-state index < -0.39 is 0 Å². The van der Waals surface area contributed by atoms with Crippen LogP contribution in [-0.4, -0.2) is 64.8 Å². The van der Waals surface area contributed by atoms with Gasteiger partial charge < -0.3 is 25.0 Å². The maximum atomic E-state index is 12.8. The van der Waals surface area contributed by atoms with E-state index in [0.29, 0.717) is 32.3 Å². The summed E-state index contributed by atoms with van der Waals surface area (Å²) >= 11 is 0. The van der Waals surface area contributed by atoms with E-state index in [1.54, 1.807) is 19.1 Å². The smallest absolute Gasteiger partial charge is 0.230 e. The van der Waals surface area contributed by atoms with E-state index in [9.17, 15) is 4.79 Å². The summed E-state index contributed by atoms with van der Waals surface area (Å²) in [5, 5.41) is 6.75. The van der Waals surface area contributed by atoms with Crippen LogP contribution in [0.25, 0.3) is 0 Å². The van der Waals surface area contributed by atoms with E-state index in [1.165, 1.54) is 0 Å². The number of aryl methyl sites for hydroxylation is 1. The van der Waals surface area contributed by atoms with E-state index >= 15 is 0 Å². The molecule has 1 aliphatic rings. The molecule has 2 rings (SSSR count). The second-order valence-electron chi connectivity index (χ2n) is 8.27. The van der Waals surface area contributed by atoms with Gasteiger partial charge in [-0.25, -0.2) is 0 Å². The van der Waals surface area contributed by atoms with Crippen LogP contribution in [0, 0.1) is 12.3 Å². The third kappa shape index (κ3) is 6.62. The molecular formula is C23H38N4O3. The predicted octanol–water partition coefficient (Wildman–Crippen LogP) is 2.72. The molecule has 0 aromatic heterocycles. The quantitative estimate of drug-likeness (QED) is 0.347. The number of hydrogen-bond donors (Lipinski definition) is 2. The fraction of sp³-hybridized carbons (Fsp3) is 0.652. The van der Waals surface area contributed by atoms with Crippen LogP contribution in [0.3, 0.4) is 0 Å². The van der Waals surface area contributed by atoms with Gasteiger partial charge in [-0.1, -0.05) is 25.0 Å². The van der Waals surface area contributed by atoms with Gasteiger partial charge >= 0.3 is 0 Å². The van der Waals surface area contributed by atoms with Crippen molar-refractivity contribution in [3.63, 3.8) is 0 Å². The van der Waals surface area contributed by atoms with Crippen LogP contribution >= 0.6 is 0 Å². The van der Waals surface area contributed by atoms with Crippen LogP contribution in [0.1, 0.15) is 43.2 Å². The number of rotatable bonds is 10. The molecule has 1 amide bonds. The topological polar surface area (TPSA) is 75.2 Å². The standard InChI is InChI=1S/C23H38N4O3/c1-18-9-10-19(20(15-18)30-14-8-13-29-5)16-25-22(24-2)26-17-23(11-6-7-12-23)21(28)27(3)4/h9-10,15H,6-8,11-14,16-17H2,1-5H3,(H2,24,25,26). The highest BCUT2D eigenvalue weighted by atomic mass is 16.5. The van der Waals surface area contributed by atoms with Crippen molar-refractivity contribution in [2.75, 3.05) is 48.0 Å². The maximum Gasteiger partial charge on any atom is 0.230 e. The first-order valence-electron chi connectivity index (χ1n) is 10.8. The Balaban J connectivity index is 1.96. The molecule has 7 nitrogen and oxygen atoms in total. The van der Waals surface area contributed by atoms with Crippen LogP contribution < -0.4 is 15.4 Å².